The van der Waals surface area contributed by atoms with Gasteiger partial charge in [-0.3, -0.25) is 0 Å². The van der Waals surface area contributed by atoms with Gasteiger partial charge in [0.2, 0.25) is 11.8 Å². The Morgan fingerprint density at radius 1 is 0.396 bits per heavy atom. The fourth-order valence-electron chi connectivity index (χ4n) is 7.27. The van der Waals surface area contributed by atoms with Crippen molar-refractivity contribution in [1.82, 2.24) is 9.97 Å². The third-order valence-electron chi connectivity index (χ3n) is 9.67. The Bertz CT molecular complexity index is 2580. The van der Waals surface area contributed by atoms with E-state index in [-0.39, 0.29) is 0 Å². The summed E-state index contributed by atoms with van der Waals surface area (Å²) in [4.78, 5) is 9.97. The SMILES string of the molecule is Cc1ccc(-c2cc(-c3nc4ccccc4o3)c3ccc4c(-c5ccc(C)cc5)cc(-c5nc6ccccc6o5)c5ccc2c3c45)cc1. The van der Waals surface area contributed by atoms with E-state index in [1.165, 1.54) is 32.7 Å². The summed E-state index contributed by atoms with van der Waals surface area (Å²) in [5.74, 6) is 1.22. The third-order valence-corrected chi connectivity index (χ3v) is 9.67. The molecule has 10 rings (SSSR count). The van der Waals surface area contributed by atoms with E-state index < -0.39 is 0 Å². The molecule has 0 N–H and O–H groups in total. The predicted molar refractivity (Wildman–Crippen MR) is 196 cm³/mol. The predicted octanol–water partition coefficient (Wildman–Crippen LogP) is 12.2. The van der Waals surface area contributed by atoms with Crippen LogP contribution in [-0.4, -0.2) is 9.97 Å². The normalized spacial score (nSPS) is 12.0. The molecule has 0 saturated carbocycles. The number of hydrogen-bond acceptors (Lipinski definition) is 4. The molecule has 0 saturated heterocycles. The minimum Gasteiger partial charge on any atom is -0.436 e. The van der Waals surface area contributed by atoms with Crippen LogP contribution < -0.4 is 0 Å². The molecule has 0 radical (unpaired) electrons. The average molecular weight is 617 g/mol. The number of rotatable bonds is 4. The van der Waals surface area contributed by atoms with Gasteiger partial charge in [-0.05, 0) is 105 Å². The first-order valence-electron chi connectivity index (χ1n) is 16.2. The summed E-state index contributed by atoms with van der Waals surface area (Å²) in [6.07, 6.45) is 0. The lowest BCUT2D eigenvalue weighted by Crippen LogP contribution is -1.94. The van der Waals surface area contributed by atoms with Gasteiger partial charge in [-0.25, -0.2) is 9.97 Å². The number of benzene rings is 8. The zero-order chi connectivity index (χ0) is 31.9. The van der Waals surface area contributed by atoms with Crippen LogP contribution in [-0.2, 0) is 0 Å². The Kier molecular flexibility index (Phi) is 5.67. The van der Waals surface area contributed by atoms with Crippen molar-refractivity contribution in [2.75, 3.05) is 0 Å². The van der Waals surface area contributed by atoms with Gasteiger partial charge in [0.1, 0.15) is 11.0 Å². The van der Waals surface area contributed by atoms with Crippen LogP contribution in [0.25, 0.3) is 99.7 Å². The molecule has 2 heterocycles. The van der Waals surface area contributed by atoms with E-state index in [9.17, 15) is 0 Å². The van der Waals surface area contributed by atoms with E-state index in [4.69, 9.17) is 18.8 Å². The van der Waals surface area contributed by atoms with Crippen molar-refractivity contribution < 1.29 is 8.83 Å². The van der Waals surface area contributed by atoms with E-state index in [0.29, 0.717) is 11.8 Å². The first-order chi connectivity index (χ1) is 23.6. The van der Waals surface area contributed by atoms with Crippen LogP contribution in [0.4, 0.5) is 0 Å². The Balaban J connectivity index is 1.38. The van der Waals surface area contributed by atoms with E-state index >= 15 is 0 Å². The second kappa shape index (κ2) is 10.1. The molecule has 2 aromatic heterocycles. The fourth-order valence-corrected chi connectivity index (χ4v) is 7.27. The van der Waals surface area contributed by atoms with Gasteiger partial charge in [0.15, 0.2) is 11.2 Å². The number of fused-ring (bicyclic) bond motifs is 2. The van der Waals surface area contributed by atoms with Gasteiger partial charge in [-0.2, -0.15) is 0 Å². The van der Waals surface area contributed by atoms with E-state index in [1.807, 2.05) is 48.5 Å². The van der Waals surface area contributed by atoms with Gasteiger partial charge in [-0.1, -0.05) is 108 Å². The standard InChI is InChI=1S/C44H28N2O2/c1-25-11-15-27(16-12-25)33-23-35(43-45-37-7-3-5-9-39(37)47-43)31-22-20-30-34(28-17-13-26(2)14-18-28)24-36(32-21-19-29(33)41(31)42(30)32)44-46-38-8-4-6-10-40(38)48-44/h3-24H,1-2H3. The minimum atomic E-state index is 0.612. The van der Waals surface area contributed by atoms with Crippen molar-refractivity contribution in [3.05, 3.63) is 145 Å². The number of aromatic nitrogens is 2. The molecule has 0 fully saturated rings. The van der Waals surface area contributed by atoms with Crippen LogP contribution in [0.15, 0.2) is 142 Å². The Hall–Kier alpha value is -6.26. The smallest absolute Gasteiger partial charge is 0.227 e. The molecule has 226 valence electrons. The Morgan fingerprint density at radius 2 is 0.771 bits per heavy atom. The van der Waals surface area contributed by atoms with Crippen molar-refractivity contribution in [3.8, 4) is 45.2 Å². The van der Waals surface area contributed by atoms with E-state index in [2.05, 4.69) is 98.8 Å². The van der Waals surface area contributed by atoms with Crippen molar-refractivity contribution in [2.45, 2.75) is 13.8 Å². The van der Waals surface area contributed by atoms with Crippen LogP contribution in [0, 0.1) is 13.8 Å². The number of para-hydroxylation sites is 4. The van der Waals surface area contributed by atoms with Crippen molar-refractivity contribution in [3.63, 3.8) is 0 Å². The largest absolute Gasteiger partial charge is 0.436 e. The highest BCUT2D eigenvalue weighted by molar-refractivity contribution is 6.31. The number of nitrogens with zero attached hydrogens (tertiary/aromatic N) is 2. The second-order valence-electron chi connectivity index (χ2n) is 12.7. The van der Waals surface area contributed by atoms with Crippen molar-refractivity contribution in [1.29, 1.82) is 0 Å². The molecule has 48 heavy (non-hydrogen) atoms. The first kappa shape index (κ1) is 26.9. The molecule has 10 aromatic rings. The zero-order valence-corrected chi connectivity index (χ0v) is 26.4. The number of aryl methyl sites for hydroxylation is 2. The van der Waals surface area contributed by atoms with Crippen LogP contribution in [0.5, 0.6) is 0 Å². The molecular formula is C44H28N2O2. The van der Waals surface area contributed by atoms with E-state index in [0.717, 1.165) is 66.4 Å². The maximum Gasteiger partial charge on any atom is 0.227 e. The molecular weight excluding hydrogens is 588 g/mol. The molecule has 8 aromatic carbocycles. The molecule has 0 aliphatic heterocycles. The highest BCUT2D eigenvalue weighted by atomic mass is 16.4. The highest BCUT2D eigenvalue weighted by Gasteiger charge is 2.23. The molecule has 4 nitrogen and oxygen atoms in total. The lowest BCUT2D eigenvalue weighted by molar-refractivity contribution is 0.620. The monoisotopic (exact) mass is 616 g/mol. The summed E-state index contributed by atoms with van der Waals surface area (Å²) >= 11 is 0. The van der Waals surface area contributed by atoms with E-state index in [1.54, 1.807) is 0 Å². The van der Waals surface area contributed by atoms with Gasteiger partial charge < -0.3 is 8.83 Å². The third kappa shape index (κ3) is 4.02. The minimum absolute atomic E-state index is 0.612. The van der Waals surface area contributed by atoms with Gasteiger partial charge in [0.25, 0.3) is 0 Å². The van der Waals surface area contributed by atoms with Gasteiger partial charge in [0, 0.05) is 11.1 Å². The summed E-state index contributed by atoms with van der Waals surface area (Å²) in [5.41, 5.74) is 12.2. The summed E-state index contributed by atoms with van der Waals surface area (Å²) in [5, 5.41) is 6.89. The lowest BCUT2D eigenvalue weighted by Gasteiger charge is -2.20. The summed E-state index contributed by atoms with van der Waals surface area (Å²) in [6.45, 7) is 4.25. The van der Waals surface area contributed by atoms with Crippen LogP contribution in [0.1, 0.15) is 11.1 Å². The maximum atomic E-state index is 6.45. The molecule has 0 aliphatic carbocycles. The molecule has 0 unspecified atom stereocenters. The molecule has 0 aliphatic rings. The van der Waals surface area contributed by atoms with Crippen LogP contribution >= 0.6 is 0 Å². The van der Waals surface area contributed by atoms with Crippen molar-refractivity contribution in [2.24, 2.45) is 0 Å². The van der Waals surface area contributed by atoms with Crippen LogP contribution in [0.2, 0.25) is 0 Å². The van der Waals surface area contributed by atoms with Crippen molar-refractivity contribution >= 4 is 54.5 Å². The Morgan fingerprint density at radius 3 is 1.17 bits per heavy atom. The molecule has 0 spiro atoms. The topological polar surface area (TPSA) is 52.1 Å². The number of hydrogen-bond donors (Lipinski definition) is 0. The molecule has 0 amide bonds. The summed E-state index contributed by atoms with van der Waals surface area (Å²) in [7, 11) is 0. The second-order valence-corrected chi connectivity index (χ2v) is 12.7. The highest BCUT2D eigenvalue weighted by Crippen LogP contribution is 2.48. The lowest BCUT2D eigenvalue weighted by atomic mass is 9.83. The molecule has 0 atom stereocenters. The van der Waals surface area contributed by atoms with Gasteiger partial charge >= 0.3 is 0 Å². The maximum absolute atomic E-state index is 6.45. The average Bonchev–Trinajstić information content (AvgIpc) is 3.76. The zero-order valence-electron chi connectivity index (χ0n) is 26.4. The summed E-state index contributed by atoms with van der Waals surface area (Å²) < 4.78 is 12.9. The number of oxazole rings is 2. The fraction of sp³-hybridized carbons (Fsp3) is 0.0455. The first-order valence-corrected chi connectivity index (χ1v) is 16.2. The molecule has 4 heteroatoms. The quantitative estimate of drug-likeness (QED) is 0.185. The van der Waals surface area contributed by atoms with Gasteiger partial charge in [-0.15, -0.1) is 0 Å². The molecule has 0 bridgehead atoms. The Labute approximate surface area is 276 Å². The van der Waals surface area contributed by atoms with Crippen LogP contribution in [0.3, 0.4) is 0 Å². The van der Waals surface area contributed by atoms with Gasteiger partial charge in [0.05, 0.1) is 0 Å². The summed E-state index contributed by atoms with van der Waals surface area (Å²) in [6, 6.07) is 46.9.